The van der Waals surface area contributed by atoms with Crippen LogP contribution in [0.1, 0.15) is 15.9 Å². The highest BCUT2D eigenvalue weighted by molar-refractivity contribution is 5.96. The predicted molar refractivity (Wildman–Crippen MR) is 82.2 cm³/mol. The fraction of sp³-hybridized carbons (Fsp3) is 0.400. The quantitative estimate of drug-likeness (QED) is 0.536. The highest BCUT2D eigenvalue weighted by atomic mass is 19.4. The molecule has 1 aliphatic heterocycles. The van der Waals surface area contributed by atoms with Gasteiger partial charge >= 0.3 is 18.3 Å². The summed E-state index contributed by atoms with van der Waals surface area (Å²) in [4.78, 5) is 32.1. The number of carboxylic acid groups (broad SMARTS) is 1. The maximum Gasteiger partial charge on any atom is 0.490 e. The molecule has 0 spiro atoms. The number of rotatable bonds is 4. The number of alkyl halides is 6. The van der Waals surface area contributed by atoms with Crippen LogP contribution in [0.5, 0.6) is 0 Å². The molecule has 1 fully saturated rings. The van der Waals surface area contributed by atoms with Gasteiger partial charge in [0.1, 0.15) is 5.82 Å². The summed E-state index contributed by atoms with van der Waals surface area (Å²) in [6.07, 6.45) is -9.98. The fourth-order valence-corrected chi connectivity index (χ4v) is 1.82. The van der Waals surface area contributed by atoms with Crippen molar-refractivity contribution in [3.8, 4) is 0 Å². The van der Waals surface area contributed by atoms with Crippen molar-refractivity contribution in [3.63, 3.8) is 0 Å². The van der Waals surface area contributed by atoms with Gasteiger partial charge < -0.3 is 21.1 Å². The second-order valence-corrected chi connectivity index (χ2v) is 5.60. The molecule has 1 aromatic carbocycles. The number of hydrogen-bond acceptors (Lipinski definition) is 4. The smallest absolute Gasteiger partial charge is 0.475 e. The van der Waals surface area contributed by atoms with Gasteiger partial charge in [-0.05, 0) is 18.2 Å². The molecule has 0 radical (unpaired) electrons. The van der Waals surface area contributed by atoms with Crippen LogP contribution in [0.25, 0.3) is 0 Å². The van der Waals surface area contributed by atoms with Gasteiger partial charge in [-0.1, -0.05) is 0 Å². The van der Waals surface area contributed by atoms with Crippen LogP contribution < -0.4 is 16.0 Å². The van der Waals surface area contributed by atoms with E-state index in [0.717, 1.165) is 6.07 Å². The summed E-state index contributed by atoms with van der Waals surface area (Å²) in [5.41, 5.74) is -1.89. The van der Waals surface area contributed by atoms with E-state index in [1.165, 1.54) is 0 Å². The molecular formula is C15H14F7N3O4. The standard InChI is InChI=1S/C13H13F4N3O2.C2HF3O2/c14-10-2-1-7(3-9(10)13(15,16)17)12(22)19-6-11(21)20-8-4-18-5-8;3-2(4,5)1(6)7/h1-3,8,18H,4-6H2,(H,19,22)(H,20,21);(H,6,7). The van der Waals surface area contributed by atoms with E-state index in [0.29, 0.717) is 25.2 Å². The molecule has 2 amide bonds. The summed E-state index contributed by atoms with van der Waals surface area (Å²) in [6.45, 7) is 0.896. The topological polar surface area (TPSA) is 108 Å². The SMILES string of the molecule is O=C(CNC(=O)c1ccc(F)c(C(F)(F)F)c1)NC1CNC1.O=C(O)C(F)(F)F. The average molecular weight is 433 g/mol. The predicted octanol–water partition coefficient (Wildman–Crippen LogP) is 1.30. The van der Waals surface area contributed by atoms with Gasteiger partial charge in [0.05, 0.1) is 18.2 Å². The minimum absolute atomic E-state index is 0.00736. The van der Waals surface area contributed by atoms with Crippen LogP contribution in [0.3, 0.4) is 0 Å². The molecule has 162 valence electrons. The Morgan fingerprint density at radius 1 is 1.10 bits per heavy atom. The molecule has 0 unspecified atom stereocenters. The van der Waals surface area contributed by atoms with E-state index in [4.69, 9.17) is 9.90 Å². The van der Waals surface area contributed by atoms with Gasteiger partial charge in [0.25, 0.3) is 5.91 Å². The second-order valence-electron chi connectivity index (χ2n) is 5.60. The maximum atomic E-state index is 13.1. The van der Waals surface area contributed by atoms with Crippen LogP contribution in [0.2, 0.25) is 0 Å². The van der Waals surface area contributed by atoms with Gasteiger partial charge in [-0.15, -0.1) is 0 Å². The van der Waals surface area contributed by atoms with Crippen molar-refractivity contribution in [2.24, 2.45) is 0 Å². The highest BCUT2D eigenvalue weighted by Gasteiger charge is 2.38. The molecule has 14 heteroatoms. The van der Waals surface area contributed by atoms with Crippen molar-refractivity contribution in [1.82, 2.24) is 16.0 Å². The van der Waals surface area contributed by atoms with Crippen molar-refractivity contribution in [3.05, 3.63) is 35.1 Å². The van der Waals surface area contributed by atoms with Crippen LogP contribution in [-0.2, 0) is 15.8 Å². The van der Waals surface area contributed by atoms with Gasteiger partial charge in [-0.3, -0.25) is 9.59 Å². The molecule has 1 aliphatic rings. The first-order chi connectivity index (χ1) is 13.2. The molecule has 29 heavy (non-hydrogen) atoms. The highest BCUT2D eigenvalue weighted by Crippen LogP contribution is 2.31. The second kappa shape index (κ2) is 9.54. The van der Waals surface area contributed by atoms with Crippen LogP contribution in [-0.4, -0.2) is 54.7 Å². The molecule has 1 aromatic rings. The zero-order chi connectivity index (χ0) is 22.4. The first kappa shape index (κ1) is 24.1. The molecule has 0 saturated carbocycles. The van der Waals surface area contributed by atoms with Crippen LogP contribution in [0.15, 0.2) is 18.2 Å². The first-order valence-electron chi connectivity index (χ1n) is 7.67. The van der Waals surface area contributed by atoms with Gasteiger partial charge in [0, 0.05) is 18.7 Å². The first-order valence-corrected chi connectivity index (χ1v) is 7.67. The van der Waals surface area contributed by atoms with E-state index in [1.54, 1.807) is 0 Å². The lowest BCUT2D eigenvalue weighted by atomic mass is 10.1. The summed E-state index contributed by atoms with van der Waals surface area (Å²) >= 11 is 0. The van der Waals surface area contributed by atoms with Crippen LogP contribution in [0.4, 0.5) is 30.7 Å². The molecule has 0 atom stereocenters. The van der Waals surface area contributed by atoms with Gasteiger partial charge in [-0.25, -0.2) is 9.18 Å². The molecule has 0 aliphatic carbocycles. The van der Waals surface area contributed by atoms with Gasteiger partial charge in [0.2, 0.25) is 5.91 Å². The Bertz CT molecular complexity index is 761. The van der Waals surface area contributed by atoms with Crippen LogP contribution >= 0.6 is 0 Å². The van der Waals surface area contributed by atoms with Crippen molar-refractivity contribution >= 4 is 17.8 Å². The average Bonchev–Trinajstić information content (AvgIpc) is 2.55. The van der Waals surface area contributed by atoms with E-state index in [9.17, 15) is 40.3 Å². The minimum atomic E-state index is -5.08. The Morgan fingerprint density at radius 2 is 1.66 bits per heavy atom. The Labute approximate surface area is 158 Å². The number of aliphatic carboxylic acids is 1. The zero-order valence-electron chi connectivity index (χ0n) is 14.2. The normalized spacial score (nSPS) is 14.2. The number of nitrogens with one attached hydrogen (secondary N) is 3. The maximum absolute atomic E-state index is 13.1. The van der Waals surface area contributed by atoms with Crippen molar-refractivity contribution in [2.75, 3.05) is 19.6 Å². The number of amides is 2. The van der Waals surface area contributed by atoms with Crippen LogP contribution in [0, 0.1) is 5.82 Å². The van der Waals surface area contributed by atoms with E-state index in [-0.39, 0.29) is 18.2 Å². The summed E-state index contributed by atoms with van der Waals surface area (Å²) < 4.78 is 82.5. The summed E-state index contributed by atoms with van der Waals surface area (Å²) in [5, 5.41) is 14.9. The van der Waals surface area contributed by atoms with E-state index in [2.05, 4.69) is 16.0 Å². The summed E-state index contributed by atoms with van der Waals surface area (Å²) in [5.74, 6) is -5.54. The summed E-state index contributed by atoms with van der Waals surface area (Å²) in [6, 6.07) is 1.90. The Kier molecular flexibility index (Phi) is 7.94. The third kappa shape index (κ3) is 7.93. The van der Waals surface area contributed by atoms with Gasteiger partial charge in [0.15, 0.2) is 0 Å². The molecule has 0 bridgehead atoms. The number of halogens is 7. The lowest BCUT2D eigenvalue weighted by Crippen LogP contribution is -2.58. The minimum Gasteiger partial charge on any atom is -0.475 e. The molecule has 1 saturated heterocycles. The van der Waals surface area contributed by atoms with E-state index < -0.39 is 41.5 Å². The molecule has 4 N–H and O–H groups in total. The number of benzene rings is 1. The Balaban J connectivity index is 0.000000516. The van der Waals surface area contributed by atoms with Gasteiger partial charge in [-0.2, -0.15) is 26.3 Å². The van der Waals surface area contributed by atoms with Crippen molar-refractivity contribution in [2.45, 2.75) is 18.4 Å². The lowest BCUT2D eigenvalue weighted by molar-refractivity contribution is -0.192. The van der Waals surface area contributed by atoms with Crippen molar-refractivity contribution in [1.29, 1.82) is 0 Å². The Morgan fingerprint density at radius 3 is 2.07 bits per heavy atom. The lowest BCUT2D eigenvalue weighted by Gasteiger charge is -2.27. The third-order valence-electron chi connectivity index (χ3n) is 3.33. The summed E-state index contributed by atoms with van der Waals surface area (Å²) in [7, 11) is 0. The van der Waals surface area contributed by atoms with Crippen molar-refractivity contribution < 1.29 is 50.2 Å². The molecule has 2 rings (SSSR count). The number of hydrogen-bond donors (Lipinski definition) is 4. The zero-order valence-corrected chi connectivity index (χ0v) is 14.2. The molecular weight excluding hydrogens is 419 g/mol. The van der Waals surface area contributed by atoms with E-state index >= 15 is 0 Å². The molecule has 7 nitrogen and oxygen atoms in total. The Hall–Kier alpha value is -2.90. The molecule has 0 aromatic heterocycles. The number of carboxylic acids is 1. The largest absolute Gasteiger partial charge is 0.490 e. The number of carbonyl (C=O) groups is 3. The number of carbonyl (C=O) groups excluding carboxylic acids is 2. The van der Waals surface area contributed by atoms with E-state index in [1.807, 2.05) is 0 Å². The monoisotopic (exact) mass is 433 g/mol. The third-order valence-corrected chi connectivity index (χ3v) is 3.33. The fourth-order valence-electron chi connectivity index (χ4n) is 1.82. The molecule has 1 heterocycles.